The van der Waals surface area contributed by atoms with Gasteiger partial charge in [0, 0.05) is 5.56 Å². The number of hydrogen-bond acceptors (Lipinski definition) is 2. The maximum absolute atomic E-state index is 13.0. The van der Waals surface area contributed by atoms with Crippen LogP contribution in [-0.2, 0) is 6.18 Å². The Kier molecular flexibility index (Phi) is 3.87. The van der Waals surface area contributed by atoms with Gasteiger partial charge in [0.25, 0.3) is 0 Å². The van der Waals surface area contributed by atoms with Crippen molar-refractivity contribution in [1.29, 1.82) is 0 Å². The number of carbonyl (C=O) groups excluding carboxylic acids is 1. The van der Waals surface area contributed by atoms with Crippen LogP contribution in [0.25, 0.3) is 0 Å². The second-order valence-corrected chi connectivity index (χ2v) is 3.89. The summed E-state index contributed by atoms with van der Waals surface area (Å²) in [5.41, 5.74) is -1.43. The number of hydrogen-bond donors (Lipinski definition) is 0. The van der Waals surface area contributed by atoms with Crippen molar-refractivity contribution in [2.45, 2.75) is 6.18 Å². The number of carbonyl (C=O) groups is 1. The highest BCUT2D eigenvalue weighted by Gasteiger charge is 2.31. The molecule has 1 rings (SSSR count). The van der Waals surface area contributed by atoms with Crippen molar-refractivity contribution in [3.8, 4) is 0 Å². The lowest BCUT2D eigenvalue weighted by atomic mass is 10.1. The molecule has 0 bridgehead atoms. The topological polar surface area (TPSA) is 20.3 Å². The largest absolute Gasteiger partial charge is 0.416 e. The summed E-state index contributed by atoms with van der Waals surface area (Å²) in [4.78, 5) is 13.0. The molecule has 0 aliphatic heterocycles. The third-order valence-electron chi connectivity index (χ3n) is 2.01. The Morgan fingerprint density at radius 3 is 2.29 bits per heavy atom. The fourth-order valence-electron chi connectivity index (χ4n) is 1.29. The van der Waals surface area contributed by atoms with Gasteiger partial charge >= 0.3 is 6.18 Å². The maximum Gasteiger partial charge on any atom is 0.416 e. The number of rotatable bonds is 3. The third-order valence-corrected chi connectivity index (χ3v) is 2.01. The lowest BCUT2D eigenvalue weighted by Gasteiger charge is -2.11. The van der Waals surface area contributed by atoms with E-state index in [0.29, 0.717) is 12.1 Å². The first kappa shape index (κ1) is 13.6. The van der Waals surface area contributed by atoms with Gasteiger partial charge in [0.2, 0.25) is 0 Å². The van der Waals surface area contributed by atoms with E-state index in [1.165, 1.54) is 4.90 Å². The summed E-state index contributed by atoms with van der Waals surface area (Å²) in [5, 5.41) is 0. The number of nitrogens with zero attached hydrogens (tertiary/aromatic N) is 1. The van der Waals surface area contributed by atoms with Crippen molar-refractivity contribution in [1.82, 2.24) is 4.90 Å². The smallest absolute Gasteiger partial charge is 0.302 e. The molecule has 0 N–H and O–H groups in total. The quantitative estimate of drug-likeness (QED) is 0.606. The highest BCUT2D eigenvalue weighted by Crippen LogP contribution is 2.30. The van der Waals surface area contributed by atoms with Gasteiger partial charge in [-0.05, 0) is 32.3 Å². The van der Waals surface area contributed by atoms with Crippen LogP contribution in [0, 0.1) is 5.82 Å². The van der Waals surface area contributed by atoms with Gasteiger partial charge in [-0.1, -0.05) is 0 Å². The number of halogens is 4. The van der Waals surface area contributed by atoms with E-state index in [1.807, 2.05) is 0 Å². The van der Waals surface area contributed by atoms with Gasteiger partial charge in [0.15, 0.2) is 5.78 Å². The molecule has 2 nitrogen and oxygen atoms in total. The van der Waals surface area contributed by atoms with Crippen molar-refractivity contribution >= 4 is 5.78 Å². The van der Waals surface area contributed by atoms with Gasteiger partial charge in [-0.15, -0.1) is 0 Å². The average Bonchev–Trinajstić information content (AvgIpc) is 2.14. The standard InChI is InChI=1S/C11H11F4NO/c1-16(2)6-10(17)7-3-8(11(13,14)15)5-9(12)4-7/h3-5H,6H2,1-2H3. The molecule has 0 aromatic heterocycles. The Balaban J connectivity index is 3.10. The molecule has 0 fully saturated rings. The molecule has 0 saturated heterocycles. The molecule has 1 aromatic rings. The van der Waals surface area contributed by atoms with Crippen LogP contribution in [0.1, 0.15) is 15.9 Å². The average molecular weight is 249 g/mol. The molecule has 0 aliphatic carbocycles. The number of Topliss-reactive ketones (excluding diaryl/α,β-unsaturated/α-hetero) is 1. The first-order chi connectivity index (χ1) is 7.70. The minimum Gasteiger partial charge on any atom is -0.302 e. The van der Waals surface area contributed by atoms with E-state index < -0.39 is 23.3 Å². The summed E-state index contributed by atoms with van der Waals surface area (Å²) in [6.07, 6.45) is -4.66. The van der Waals surface area contributed by atoms with Gasteiger partial charge in [0.1, 0.15) is 5.82 Å². The fourth-order valence-corrected chi connectivity index (χ4v) is 1.29. The maximum atomic E-state index is 13.0. The first-order valence-electron chi connectivity index (χ1n) is 4.76. The van der Waals surface area contributed by atoms with Gasteiger partial charge in [-0.2, -0.15) is 13.2 Å². The summed E-state index contributed by atoms with van der Waals surface area (Å²) < 4.78 is 50.1. The summed E-state index contributed by atoms with van der Waals surface area (Å²) in [7, 11) is 3.20. The second kappa shape index (κ2) is 4.83. The molecule has 0 unspecified atom stereocenters. The van der Waals surface area contributed by atoms with Gasteiger partial charge < -0.3 is 4.90 Å². The van der Waals surface area contributed by atoms with Crippen LogP contribution in [0.5, 0.6) is 0 Å². The highest BCUT2D eigenvalue weighted by atomic mass is 19.4. The van der Waals surface area contributed by atoms with Gasteiger partial charge in [0.05, 0.1) is 12.1 Å². The zero-order chi connectivity index (χ0) is 13.2. The minimum atomic E-state index is -4.66. The molecule has 6 heteroatoms. The van der Waals surface area contributed by atoms with Crippen molar-refractivity contribution in [2.24, 2.45) is 0 Å². The molecule has 0 saturated carbocycles. The predicted octanol–water partition coefficient (Wildman–Crippen LogP) is 2.59. The Morgan fingerprint density at radius 1 is 1.24 bits per heavy atom. The van der Waals surface area contributed by atoms with Crippen molar-refractivity contribution in [3.63, 3.8) is 0 Å². The summed E-state index contributed by atoms with van der Waals surface area (Å²) in [6, 6.07) is 1.84. The Hall–Kier alpha value is -1.43. The SMILES string of the molecule is CN(C)CC(=O)c1cc(F)cc(C(F)(F)F)c1. The van der Waals surface area contributed by atoms with Crippen molar-refractivity contribution < 1.29 is 22.4 Å². The van der Waals surface area contributed by atoms with Gasteiger partial charge in [-0.3, -0.25) is 4.79 Å². The van der Waals surface area contributed by atoms with E-state index in [2.05, 4.69) is 0 Å². The molecule has 0 aliphatic rings. The second-order valence-electron chi connectivity index (χ2n) is 3.89. The lowest BCUT2D eigenvalue weighted by molar-refractivity contribution is -0.137. The molecule has 0 atom stereocenters. The molecule has 94 valence electrons. The van der Waals surface area contributed by atoms with Crippen molar-refractivity contribution in [2.75, 3.05) is 20.6 Å². The normalized spacial score (nSPS) is 11.9. The van der Waals surface area contributed by atoms with Gasteiger partial charge in [-0.25, -0.2) is 4.39 Å². The molecule has 0 spiro atoms. The lowest BCUT2D eigenvalue weighted by Crippen LogP contribution is -2.22. The van der Waals surface area contributed by atoms with Crippen molar-refractivity contribution in [3.05, 3.63) is 35.1 Å². The summed E-state index contributed by atoms with van der Waals surface area (Å²) >= 11 is 0. The zero-order valence-electron chi connectivity index (χ0n) is 9.31. The monoisotopic (exact) mass is 249 g/mol. The number of ketones is 1. The van der Waals surface area contributed by atoms with E-state index >= 15 is 0 Å². The van der Waals surface area contributed by atoms with E-state index in [0.717, 1.165) is 6.07 Å². The fraction of sp³-hybridized carbons (Fsp3) is 0.364. The van der Waals surface area contributed by atoms with Crippen LogP contribution in [-0.4, -0.2) is 31.3 Å². The van der Waals surface area contributed by atoms with Crippen LogP contribution < -0.4 is 0 Å². The highest BCUT2D eigenvalue weighted by molar-refractivity contribution is 5.97. The molecule has 0 heterocycles. The molecular formula is C11H11F4NO. The Labute approximate surface area is 95.8 Å². The van der Waals surface area contributed by atoms with Crippen LogP contribution in [0.4, 0.5) is 17.6 Å². The van der Waals surface area contributed by atoms with E-state index in [1.54, 1.807) is 14.1 Å². The molecule has 0 amide bonds. The Morgan fingerprint density at radius 2 is 1.82 bits per heavy atom. The summed E-state index contributed by atoms with van der Waals surface area (Å²) in [6.45, 7) is -0.0687. The van der Waals surface area contributed by atoms with Crippen LogP contribution in [0.3, 0.4) is 0 Å². The molecule has 0 radical (unpaired) electrons. The van der Waals surface area contributed by atoms with Crippen LogP contribution in [0.15, 0.2) is 18.2 Å². The van der Waals surface area contributed by atoms with E-state index in [-0.39, 0.29) is 12.1 Å². The predicted molar refractivity (Wildman–Crippen MR) is 54.3 cm³/mol. The Bertz CT molecular complexity index is 426. The van der Waals surface area contributed by atoms with Crippen LogP contribution in [0.2, 0.25) is 0 Å². The number of benzene rings is 1. The zero-order valence-corrected chi connectivity index (χ0v) is 9.31. The first-order valence-corrected chi connectivity index (χ1v) is 4.76. The molecule has 17 heavy (non-hydrogen) atoms. The number of likely N-dealkylation sites (N-methyl/N-ethyl adjacent to an activating group) is 1. The summed E-state index contributed by atoms with van der Waals surface area (Å²) in [5.74, 6) is -1.62. The van der Waals surface area contributed by atoms with E-state index in [4.69, 9.17) is 0 Å². The van der Waals surface area contributed by atoms with Crippen LogP contribution >= 0.6 is 0 Å². The third kappa shape index (κ3) is 3.81. The number of alkyl halides is 3. The minimum absolute atomic E-state index is 0.0687. The molecular weight excluding hydrogens is 238 g/mol. The van der Waals surface area contributed by atoms with E-state index in [9.17, 15) is 22.4 Å². The molecule has 1 aromatic carbocycles.